The van der Waals surface area contributed by atoms with Crippen molar-refractivity contribution in [1.82, 2.24) is 0 Å². The molecule has 0 saturated heterocycles. The molecule has 0 bridgehead atoms. The molecule has 1 aromatic carbocycles. The fraction of sp³-hybridized carbons (Fsp3) is 0.538. The van der Waals surface area contributed by atoms with E-state index in [1.807, 2.05) is 24.3 Å². The minimum atomic E-state index is 0.144. The maximum atomic E-state index is 9.36. The van der Waals surface area contributed by atoms with Gasteiger partial charge in [-0.2, -0.15) is 0 Å². The molecule has 0 heterocycles. The molecule has 0 aliphatic heterocycles. The number of rotatable bonds is 8. The molecule has 1 aromatic rings. The highest BCUT2D eigenvalue weighted by Gasteiger charge is 2.09. The topological polar surface area (TPSA) is 38.7 Å². The smallest absolute Gasteiger partial charge is 0.0700 e. The van der Waals surface area contributed by atoms with Gasteiger partial charge in [-0.3, -0.25) is 0 Å². The first-order chi connectivity index (χ1) is 8.27. The van der Waals surface area contributed by atoms with Gasteiger partial charge in [-0.25, -0.2) is 0 Å². The maximum Gasteiger partial charge on any atom is 0.0700 e. The molecular formula is C13H19BrO3. The Morgan fingerprint density at radius 3 is 2.47 bits per heavy atom. The van der Waals surface area contributed by atoms with Gasteiger partial charge in [-0.05, 0) is 24.1 Å². The number of halogens is 1. The number of ether oxygens (including phenoxy) is 2. The lowest BCUT2D eigenvalue weighted by atomic mass is 9.97. The molecule has 0 radical (unpaired) electrons. The lowest BCUT2D eigenvalue weighted by molar-refractivity contribution is 0.0642. The molecule has 3 nitrogen and oxygen atoms in total. The first-order valence-corrected chi connectivity index (χ1v) is 6.50. The number of aliphatic hydroxyl groups is 1. The summed E-state index contributed by atoms with van der Waals surface area (Å²) in [7, 11) is 1.65. The van der Waals surface area contributed by atoms with Crippen molar-refractivity contribution in [2.45, 2.75) is 12.3 Å². The third-order valence-electron chi connectivity index (χ3n) is 2.60. The SMILES string of the molecule is COCCOCCC(CO)c1ccc(Br)cc1. The lowest BCUT2D eigenvalue weighted by Crippen LogP contribution is -2.10. The van der Waals surface area contributed by atoms with Crippen LogP contribution in [0.3, 0.4) is 0 Å². The van der Waals surface area contributed by atoms with Crippen LogP contribution in [-0.4, -0.2) is 38.6 Å². The Hall–Kier alpha value is -0.420. The van der Waals surface area contributed by atoms with E-state index in [4.69, 9.17) is 9.47 Å². The first-order valence-electron chi connectivity index (χ1n) is 5.71. The van der Waals surface area contributed by atoms with Crippen molar-refractivity contribution >= 4 is 15.9 Å². The highest BCUT2D eigenvalue weighted by atomic mass is 79.9. The largest absolute Gasteiger partial charge is 0.396 e. The molecule has 0 amide bonds. The van der Waals surface area contributed by atoms with Gasteiger partial charge in [0.05, 0.1) is 19.8 Å². The van der Waals surface area contributed by atoms with E-state index in [-0.39, 0.29) is 12.5 Å². The summed E-state index contributed by atoms with van der Waals surface area (Å²) in [6, 6.07) is 8.04. The van der Waals surface area contributed by atoms with Gasteiger partial charge < -0.3 is 14.6 Å². The van der Waals surface area contributed by atoms with Crippen molar-refractivity contribution in [2.24, 2.45) is 0 Å². The summed E-state index contributed by atoms with van der Waals surface area (Å²) < 4.78 is 11.3. The summed E-state index contributed by atoms with van der Waals surface area (Å²) >= 11 is 3.40. The minimum absolute atomic E-state index is 0.144. The van der Waals surface area contributed by atoms with E-state index in [0.717, 1.165) is 16.5 Å². The average molecular weight is 303 g/mol. The van der Waals surface area contributed by atoms with E-state index < -0.39 is 0 Å². The zero-order valence-electron chi connectivity index (χ0n) is 10.1. The van der Waals surface area contributed by atoms with Crippen LogP contribution in [0.4, 0.5) is 0 Å². The summed E-state index contributed by atoms with van der Waals surface area (Å²) in [5.74, 6) is 0.144. The average Bonchev–Trinajstić information content (AvgIpc) is 2.35. The van der Waals surface area contributed by atoms with Gasteiger partial charge in [0.2, 0.25) is 0 Å². The zero-order valence-corrected chi connectivity index (χ0v) is 11.6. The van der Waals surface area contributed by atoms with Crippen molar-refractivity contribution in [3.8, 4) is 0 Å². The van der Waals surface area contributed by atoms with Crippen molar-refractivity contribution in [3.05, 3.63) is 34.3 Å². The van der Waals surface area contributed by atoms with Gasteiger partial charge in [0.1, 0.15) is 0 Å². The second-order valence-electron chi connectivity index (χ2n) is 3.82. The van der Waals surface area contributed by atoms with Crippen LogP contribution >= 0.6 is 15.9 Å². The van der Waals surface area contributed by atoms with Crippen molar-refractivity contribution in [3.63, 3.8) is 0 Å². The molecular weight excluding hydrogens is 284 g/mol. The Labute approximate surface area is 111 Å². The summed E-state index contributed by atoms with van der Waals surface area (Å²) in [6.45, 7) is 2.01. The molecule has 96 valence electrons. The van der Waals surface area contributed by atoms with Crippen LogP contribution < -0.4 is 0 Å². The Balaban J connectivity index is 2.35. The van der Waals surface area contributed by atoms with E-state index in [2.05, 4.69) is 15.9 Å². The summed E-state index contributed by atoms with van der Waals surface area (Å²) in [4.78, 5) is 0. The molecule has 0 spiro atoms. The molecule has 1 atom stereocenters. The Bertz CT molecular complexity index is 300. The summed E-state index contributed by atoms with van der Waals surface area (Å²) in [5.41, 5.74) is 1.14. The highest BCUT2D eigenvalue weighted by molar-refractivity contribution is 9.10. The zero-order chi connectivity index (χ0) is 12.5. The Morgan fingerprint density at radius 1 is 1.18 bits per heavy atom. The van der Waals surface area contributed by atoms with Gasteiger partial charge >= 0.3 is 0 Å². The number of hydrogen-bond donors (Lipinski definition) is 1. The van der Waals surface area contributed by atoms with Crippen LogP contribution in [0.1, 0.15) is 17.9 Å². The minimum Gasteiger partial charge on any atom is -0.396 e. The van der Waals surface area contributed by atoms with E-state index >= 15 is 0 Å². The molecule has 0 fully saturated rings. The molecule has 0 aliphatic carbocycles. The van der Waals surface area contributed by atoms with E-state index in [1.54, 1.807) is 7.11 Å². The maximum absolute atomic E-state index is 9.36. The summed E-state index contributed by atoms with van der Waals surface area (Å²) in [6.07, 6.45) is 0.821. The fourth-order valence-electron chi connectivity index (χ4n) is 1.57. The Kier molecular flexibility index (Phi) is 7.44. The molecule has 1 N–H and O–H groups in total. The van der Waals surface area contributed by atoms with Crippen LogP contribution in [0, 0.1) is 0 Å². The van der Waals surface area contributed by atoms with Gasteiger partial charge in [-0.1, -0.05) is 28.1 Å². The molecule has 1 rings (SSSR count). The fourth-order valence-corrected chi connectivity index (χ4v) is 1.83. The molecule has 4 heteroatoms. The molecule has 0 saturated carbocycles. The monoisotopic (exact) mass is 302 g/mol. The quantitative estimate of drug-likeness (QED) is 0.750. The highest BCUT2D eigenvalue weighted by Crippen LogP contribution is 2.21. The van der Waals surface area contributed by atoms with Crippen LogP contribution in [0.2, 0.25) is 0 Å². The van der Waals surface area contributed by atoms with Crippen LogP contribution in [0.15, 0.2) is 28.7 Å². The predicted molar refractivity (Wildman–Crippen MR) is 71.3 cm³/mol. The van der Waals surface area contributed by atoms with Crippen molar-refractivity contribution in [2.75, 3.05) is 33.5 Å². The first kappa shape index (κ1) is 14.6. The standard InChI is InChI=1S/C13H19BrO3/c1-16-8-9-17-7-6-12(10-15)11-2-4-13(14)5-3-11/h2-5,12,15H,6-10H2,1H3. The van der Waals surface area contributed by atoms with E-state index in [0.29, 0.717) is 19.8 Å². The number of hydrogen-bond acceptors (Lipinski definition) is 3. The third kappa shape index (κ3) is 5.64. The Morgan fingerprint density at radius 2 is 1.88 bits per heavy atom. The molecule has 17 heavy (non-hydrogen) atoms. The van der Waals surface area contributed by atoms with Gasteiger partial charge in [-0.15, -0.1) is 0 Å². The molecule has 0 aliphatic rings. The lowest BCUT2D eigenvalue weighted by Gasteiger charge is -2.14. The van der Waals surface area contributed by atoms with Crippen molar-refractivity contribution < 1.29 is 14.6 Å². The van der Waals surface area contributed by atoms with E-state index in [1.165, 1.54) is 0 Å². The normalized spacial score (nSPS) is 12.6. The van der Waals surface area contributed by atoms with Crippen LogP contribution in [-0.2, 0) is 9.47 Å². The summed E-state index contributed by atoms with van der Waals surface area (Å²) in [5, 5.41) is 9.36. The van der Waals surface area contributed by atoms with Gasteiger partial charge in [0.15, 0.2) is 0 Å². The third-order valence-corrected chi connectivity index (χ3v) is 3.13. The van der Waals surface area contributed by atoms with E-state index in [9.17, 15) is 5.11 Å². The van der Waals surface area contributed by atoms with Gasteiger partial charge in [0.25, 0.3) is 0 Å². The van der Waals surface area contributed by atoms with Gasteiger partial charge in [0, 0.05) is 24.1 Å². The molecule has 1 unspecified atom stereocenters. The second-order valence-corrected chi connectivity index (χ2v) is 4.74. The predicted octanol–water partition coefficient (Wildman–Crippen LogP) is 2.58. The number of benzene rings is 1. The second kappa shape index (κ2) is 8.64. The van der Waals surface area contributed by atoms with Crippen LogP contribution in [0.5, 0.6) is 0 Å². The van der Waals surface area contributed by atoms with Crippen LogP contribution in [0.25, 0.3) is 0 Å². The molecule has 0 aromatic heterocycles. The number of aliphatic hydroxyl groups excluding tert-OH is 1. The number of methoxy groups -OCH3 is 1. The van der Waals surface area contributed by atoms with Crippen molar-refractivity contribution in [1.29, 1.82) is 0 Å².